The van der Waals surface area contributed by atoms with Crippen molar-refractivity contribution in [1.29, 1.82) is 0 Å². The fourth-order valence-corrected chi connectivity index (χ4v) is 0.628. The van der Waals surface area contributed by atoms with Gasteiger partial charge in [-0.15, -0.1) is 0 Å². The van der Waals surface area contributed by atoms with Crippen molar-refractivity contribution in [2.24, 2.45) is 0 Å². The first-order valence-corrected chi connectivity index (χ1v) is 2.54. The van der Waals surface area contributed by atoms with Crippen molar-refractivity contribution in [3.8, 4) is 5.75 Å². The molecule has 1 N–H and O–H groups in total. The van der Waals surface area contributed by atoms with Crippen LogP contribution < -0.4 is 4.24 Å². The average Bonchev–Trinajstić information content (AvgIpc) is 1.64. The first kappa shape index (κ1) is 5.75. The number of benzene rings is 1. The number of phenolic OH excluding ortho intramolecular Hbond substituents is 1. The van der Waals surface area contributed by atoms with Crippen LogP contribution in [-0.2, 0) is 0 Å². The van der Waals surface area contributed by atoms with Crippen LogP contribution in [0.2, 0.25) is 0 Å². The summed E-state index contributed by atoms with van der Waals surface area (Å²) in [7, 11) is 0. The standard InChI is InChI=1S/C6H5O.Li/c7-6-4-2-1-3-5-6;/h1-2,4-5,7H;. The molecule has 0 aliphatic rings. The normalized spacial score (nSPS) is 9.25. The van der Waals surface area contributed by atoms with E-state index in [1.165, 1.54) is 0 Å². The van der Waals surface area contributed by atoms with Crippen LogP contribution in [0.5, 0.6) is 5.75 Å². The van der Waals surface area contributed by atoms with Crippen LogP contribution in [0.4, 0.5) is 0 Å². The van der Waals surface area contributed by atoms with E-state index in [-0.39, 0.29) is 0 Å². The van der Waals surface area contributed by atoms with Crippen LogP contribution in [-0.4, -0.2) is 22.8 Å². The van der Waals surface area contributed by atoms with Crippen molar-refractivity contribution in [2.75, 3.05) is 0 Å². The van der Waals surface area contributed by atoms with Crippen LogP contribution in [0.3, 0.4) is 0 Å². The fourth-order valence-electron chi connectivity index (χ4n) is 0.628. The quantitative estimate of drug-likeness (QED) is 0.461. The minimum absolute atomic E-state index is 0.338. The maximum atomic E-state index is 8.81. The third kappa shape index (κ3) is 1.29. The molecule has 0 spiro atoms. The first-order chi connectivity index (χ1) is 3.79. The topological polar surface area (TPSA) is 20.2 Å². The van der Waals surface area contributed by atoms with Crippen molar-refractivity contribution in [3.05, 3.63) is 24.3 Å². The zero-order valence-electron chi connectivity index (χ0n) is 4.76. The van der Waals surface area contributed by atoms with Gasteiger partial charge in [-0.2, -0.15) is 0 Å². The Morgan fingerprint density at radius 3 is 2.50 bits per heavy atom. The van der Waals surface area contributed by atoms with Gasteiger partial charge in [0.25, 0.3) is 0 Å². The molecule has 0 amide bonds. The molecule has 2 heteroatoms. The Bertz CT molecular complexity index is 168. The monoisotopic (exact) mass is 100 g/mol. The second kappa shape index (κ2) is 2.26. The Morgan fingerprint density at radius 2 is 2.12 bits per heavy atom. The molecule has 0 atom stereocenters. The summed E-state index contributed by atoms with van der Waals surface area (Å²) in [6.45, 7) is 0. The van der Waals surface area contributed by atoms with Gasteiger partial charge in [-0.3, -0.25) is 0 Å². The van der Waals surface area contributed by atoms with Crippen LogP contribution >= 0.6 is 0 Å². The van der Waals surface area contributed by atoms with E-state index in [0.717, 1.165) is 4.24 Å². The van der Waals surface area contributed by atoms with Gasteiger partial charge in [0.15, 0.2) is 0 Å². The predicted molar refractivity (Wildman–Crippen MR) is 33.5 cm³/mol. The van der Waals surface area contributed by atoms with E-state index in [9.17, 15) is 0 Å². The van der Waals surface area contributed by atoms with Crippen molar-refractivity contribution in [3.63, 3.8) is 0 Å². The zero-order chi connectivity index (χ0) is 5.98. The molecule has 0 radical (unpaired) electrons. The third-order valence-electron chi connectivity index (χ3n) is 1.00. The SMILES string of the molecule is [Li][c]1cccc(O)c1. The van der Waals surface area contributed by atoms with Gasteiger partial charge < -0.3 is 0 Å². The van der Waals surface area contributed by atoms with Gasteiger partial charge >= 0.3 is 57.1 Å². The van der Waals surface area contributed by atoms with Crippen molar-refractivity contribution in [1.82, 2.24) is 0 Å². The van der Waals surface area contributed by atoms with Crippen molar-refractivity contribution >= 4 is 22.0 Å². The van der Waals surface area contributed by atoms with E-state index in [4.69, 9.17) is 5.11 Å². The maximum absolute atomic E-state index is 8.81. The van der Waals surface area contributed by atoms with E-state index < -0.39 is 0 Å². The van der Waals surface area contributed by atoms with Gasteiger partial charge in [-0.05, 0) is 0 Å². The second-order valence-corrected chi connectivity index (χ2v) is 1.84. The molecule has 0 heterocycles. The molecule has 1 aromatic rings. The summed E-state index contributed by atoms with van der Waals surface area (Å²) < 4.78 is 1.09. The molecule has 0 aliphatic heterocycles. The molecule has 8 heavy (non-hydrogen) atoms. The summed E-state index contributed by atoms with van der Waals surface area (Å²) in [6.07, 6.45) is 0. The van der Waals surface area contributed by atoms with E-state index in [1.54, 1.807) is 12.1 Å². The molecular weight excluding hydrogens is 95.0 g/mol. The Morgan fingerprint density at radius 1 is 1.38 bits per heavy atom. The van der Waals surface area contributed by atoms with Crippen LogP contribution in [0.15, 0.2) is 24.3 Å². The molecule has 0 saturated carbocycles. The van der Waals surface area contributed by atoms with E-state index in [1.807, 2.05) is 29.8 Å². The molecule has 1 nitrogen and oxygen atoms in total. The average molecular weight is 100 g/mol. The van der Waals surface area contributed by atoms with Crippen LogP contribution in [0.1, 0.15) is 0 Å². The Hall–Kier alpha value is -0.383. The zero-order valence-corrected chi connectivity index (χ0v) is 4.76. The molecule has 0 unspecified atom stereocenters. The molecule has 0 fully saturated rings. The summed E-state index contributed by atoms with van der Waals surface area (Å²) in [6, 6.07) is 7.15. The number of aromatic hydroxyl groups is 1. The Labute approximate surface area is 57.5 Å². The molecule has 0 aliphatic carbocycles. The summed E-state index contributed by atoms with van der Waals surface area (Å²) in [5.74, 6) is 0.338. The van der Waals surface area contributed by atoms with Gasteiger partial charge in [0.2, 0.25) is 0 Å². The van der Waals surface area contributed by atoms with Gasteiger partial charge in [0.05, 0.1) is 0 Å². The van der Waals surface area contributed by atoms with Crippen molar-refractivity contribution in [2.45, 2.75) is 0 Å². The van der Waals surface area contributed by atoms with Crippen LogP contribution in [0, 0.1) is 0 Å². The number of phenols is 1. The summed E-state index contributed by atoms with van der Waals surface area (Å²) in [5.41, 5.74) is 0. The first-order valence-electron chi connectivity index (χ1n) is 2.54. The number of rotatable bonds is 0. The van der Waals surface area contributed by atoms with Gasteiger partial charge in [-0.25, -0.2) is 0 Å². The molecular formula is C6H5LiO. The molecule has 1 rings (SSSR count). The molecule has 0 aromatic heterocycles. The summed E-state index contributed by atoms with van der Waals surface area (Å²) >= 11 is 1.94. The van der Waals surface area contributed by atoms with E-state index in [2.05, 4.69) is 0 Å². The van der Waals surface area contributed by atoms with Gasteiger partial charge in [-0.1, -0.05) is 0 Å². The summed E-state index contributed by atoms with van der Waals surface area (Å²) in [4.78, 5) is 0. The number of hydrogen-bond acceptors (Lipinski definition) is 1. The Kier molecular flexibility index (Phi) is 1.62. The van der Waals surface area contributed by atoms with Crippen molar-refractivity contribution < 1.29 is 5.11 Å². The third-order valence-corrected chi connectivity index (χ3v) is 1.00. The fraction of sp³-hybridized carbons (Fsp3) is 0. The predicted octanol–water partition coefficient (Wildman–Crippen LogP) is 0.186. The van der Waals surface area contributed by atoms with Gasteiger partial charge in [0.1, 0.15) is 0 Å². The molecule has 0 saturated heterocycles. The van der Waals surface area contributed by atoms with Crippen LogP contribution in [0.25, 0.3) is 0 Å². The Balaban J connectivity index is 3.08. The molecule has 36 valence electrons. The van der Waals surface area contributed by atoms with Gasteiger partial charge in [0, 0.05) is 0 Å². The van der Waals surface area contributed by atoms with E-state index >= 15 is 0 Å². The number of hydrogen-bond donors (Lipinski definition) is 1. The van der Waals surface area contributed by atoms with E-state index in [0.29, 0.717) is 5.75 Å². The molecule has 1 aromatic carbocycles. The molecule has 0 bridgehead atoms. The second-order valence-electron chi connectivity index (χ2n) is 1.84. The summed E-state index contributed by atoms with van der Waals surface area (Å²) in [5, 5.41) is 8.81. The minimum atomic E-state index is 0.338.